The Balaban J connectivity index is 1.63. The summed E-state index contributed by atoms with van der Waals surface area (Å²) in [6.45, 7) is 2.73. The van der Waals surface area contributed by atoms with Crippen LogP contribution in [0.1, 0.15) is 18.1 Å². The largest absolute Gasteiger partial charge is 0.351 e. The summed E-state index contributed by atoms with van der Waals surface area (Å²) < 4.78 is 0. The molecule has 0 aliphatic heterocycles. The fraction of sp³-hybridized carbons (Fsp3) is 0.273. The molecule has 0 saturated heterocycles. The zero-order chi connectivity index (χ0) is 19.8. The van der Waals surface area contributed by atoms with Crippen molar-refractivity contribution in [2.75, 3.05) is 25.5 Å². The van der Waals surface area contributed by atoms with Gasteiger partial charge in [-0.25, -0.2) is 4.79 Å². The molecule has 2 aromatic carbocycles. The second kappa shape index (κ2) is 7.13. The van der Waals surface area contributed by atoms with E-state index in [-0.39, 0.29) is 6.04 Å². The fourth-order valence-corrected chi connectivity index (χ4v) is 4.10. The Bertz CT molecular complexity index is 1010. The molecule has 3 aromatic rings. The van der Waals surface area contributed by atoms with Crippen LogP contribution < -0.4 is 10.6 Å². The predicted molar refractivity (Wildman–Crippen MR) is 112 cm³/mol. The van der Waals surface area contributed by atoms with Crippen molar-refractivity contribution in [3.63, 3.8) is 0 Å². The minimum atomic E-state index is -0.446. The van der Waals surface area contributed by atoms with Gasteiger partial charge in [0.25, 0.3) is 0 Å². The number of H-pyrrole nitrogens is 1. The Morgan fingerprint density at radius 2 is 1.89 bits per heavy atom. The van der Waals surface area contributed by atoms with Gasteiger partial charge in [-0.2, -0.15) is 5.10 Å². The van der Waals surface area contributed by atoms with Crippen LogP contribution in [-0.4, -0.2) is 47.8 Å². The monoisotopic (exact) mass is 375 g/mol. The maximum absolute atomic E-state index is 12.0. The van der Waals surface area contributed by atoms with Crippen LogP contribution in [0.25, 0.3) is 22.5 Å². The number of primary amides is 1. The van der Waals surface area contributed by atoms with Crippen LogP contribution in [0.5, 0.6) is 0 Å². The number of anilines is 1. The highest BCUT2D eigenvalue weighted by Crippen LogP contribution is 2.40. The van der Waals surface area contributed by atoms with Gasteiger partial charge in [-0.15, -0.1) is 0 Å². The fourth-order valence-electron chi connectivity index (χ4n) is 4.10. The van der Waals surface area contributed by atoms with E-state index >= 15 is 0 Å². The van der Waals surface area contributed by atoms with Gasteiger partial charge in [0.2, 0.25) is 0 Å². The van der Waals surface area contributed by atoms with Crippen LogP contribution in [0.2, 0.25) is 0 Å². The molecule has 6 nitrogen and oxygen atoms in total. The van der Waals surface area contributed by atoms with E-state index in [1.165, 1.54) is 16.7 Å². The van der Waals surface area contributed by atoms with Crippen molar-refractivity contribution in [1.29, 1.82) is 0 Å². The number of aromatic nitrogens is 2. The number of nitrogens with one attached hydrogen (secondary N) is 1. The third-order valence-corrected chi connectivity index (χ3v) is 5.25. The molecule has 1 aliphatic rings. The van der Waals surface area contributed by atoms with E-state index in [1.807, 2.05) is 50.2 Å². The molecule has 2 amide bonds. The number of hydrogen-bond donors (Lipinski definition) is 2. The van der Waals surface area contributed by atoms with Crippen molar-refractivity contribution >= 4 is 11.7 Å². The number of amides is 2. The second-order valence-electron chi connectivity index (χ2n) is 7.63. The number of urea groups is 1. The van der Waals surface area contributed by atoms with Crippen molar-refractivity contribution in [2.45, 2.75) is 19.4 Å². The molecular weight excluding hydrogens is 350 g/mol. The number of fused-ring (bicyclic) bond motifs is 3. The number of carbonyl (C=O) groups is 1. The van der Waals surface area contributed by atoms with Gasteiger partial charge in [0.05, 0.1) is 11.4 Å². The smallest absolute Gasteiger partial charge is 0.319 e. The van der Waals surface area contributed by atoms with E-state index in [2.05, 4.69) is 34.5 Å². The van der Waals surface area contributed by atoms with Crippen LogP contribution in [0, 0.1) is 0 Å². The summed E-state index contributed by atoms with van der Waals surface area (Å²) in [6, 6.07) is 15.8. The number of benzene rings is 2. The van der Waals surface area contributed by atoms with Gasteiger partial charge in [-0.3, -0.25) is 10.00 Å². The minimum absolute atomic E-state index is 0.0255. The molecule has 6 heteroatoms. The molecule has 0 spiro atoms. The summed E-state index contributed by atoms with van der Waals surface area (Å²) in [6.07, 6.45) is 0.881. The number of hydrogen-bond acceptors (Lipinski definition) is 3. The first-order chi connectivity index (χ1) is 13.5. The first kappa shape index (κ1) is 18.3. The highest BCUT2D eigenvalue weighted by atomic mass is 16.2. The number of nitrogens with zero attached hydrogens (tertiary/aromatic N) is 3. The second-order valence-corrected chi connectivity index (χ2v) is 7.63. The Kier molecular flexibility index (Phi) is 4.65. The van der Waals surface area contributed by atoms with Crippen LogP contribution in [0.4, 0.5) is 10.5 Å². The maximum Gasteiger partial charge on any atom is 0.319 e. The summed E-state index contributed by atoms with van der Waals surface area (Å²) in [5, 5.41) is 7.75. The van der Waals surface area contributed by atoms with E-state index in [4.69, 9.17) is 5.73 Å². The quantitative estimate of drug-likeness (QED) is 0.560. The molecule has 1 aromatic heterocycles. The number of rotatable bonds is 5. The Hall–Kier alpha value is -3.12. The normalized spacial score (nSPS) is 13.3. The summed E-state index contributed by atoms with van der Waals surface area (Å²) in [5.41, 5.74) is 13.3. The topological polar surface area (TPSA) is 78.2 Å². The van der Waals surface area contributed by atoms with Gasteiger partial charge in [-0.05, 0) is 38.7 Å². The lowest BCUT2D eigenvalue weighted by Gasteiger charge is -2.29. The lowest BCUT2D eigenvalue weighted by atomic mass is 10.0. The molecule has 1 unspecified atom stereocenters. The average Bonchev–Trinajstić information content (AvgIpc) is 3.21. The highest BCUT2D eigenvalue weighted by molar-refractivity contribution is 5.91. The minimum Gasteiger partial charge on any atom is -0.351 e. The maximum atomic E-state index is 12.0. The van der Waals surface area contributed by atoms with Crippen molar-refractivity contribution in [2.24, 2.45) is 5.73 Å². The third kappa shape index (κ3) is 3.16. The summed E-state index contributed by atoms with van der Waals surface area (Å²) in [4.78, 5) is 15.7. The number of carbonyl (C=O) groups excluding carboxylic acids is 1. The molecule has 4 rings (SSSR count). The van der Waals surface area contributed by atoms with Gasteiger partial charge < -0.3 is 10.6 Å². The van der Waals surface area contributed by atoms with E-state index in [0.717, 1.165) is 35.6 Å². The summed E-state index contributed by atoms with van der Waals surface area (Å²) in [7, 11) is 3.96. The molecule has 0 bridgehead atoms. The molecule has 1 heterocycles. The van der Waals surface area contributed by atoms with Crippen molar-refractivity contribution < 1.29 is 4.79 Å². The molecule has 0 saturated carbocycles. The zero-order valence-corrected chi connectivity index (χ0v) is 16.4. The van der Waals surface area contributed by atoms with Gasteiger partial charge in [-0.1, -0.05) is 36.4 Å². The van der Waals surface area contributed by atoms with E-state index in [9.17, 15) is 4.79 Å². The van der Waals surface area contributed by atoms with Crippen molar-refractivity contribution in [1.82, 2.24) is 15.1 Å². The van der Waals surface area contributed by atoms with Crippen LogP contribution >= 0.6 is 0 Å². The lowest BCUT2D eigenvalue weighted by molar-refractivity contribution is 0.250. The van der Waals surface area contributed by atoms with Gasteiger partial charge in [0.15, 0.2) is 0 Å². The zero-order valence-electron chi connectivity index (χ0n) is 16.4. The molecule has 1 aliphatic carbocycles. The van der Waals surface area contributed by atoms with E-state index in [0.29, 0.717) is 0 Å². The molecule has 0 fully saturated rings. The third-order valence-electron chi connectivity index (χ3n) is 5.25. The highest BCUT2D eigenvalue weighted by Gasteiger charge is 2.25. The van der Waals surface area contributed by atoms with Gasteiger partial charge in [0, 0.05) is 41.4 Å². The predicted octanol–water partition coefficient (Wildman–Crippen LogP) is 3.48. The molecule has 3 N–H and O–H groups in total. The lowest BCUT2D eigenvalue weighted by Crippen LogP contribution is -2.46. The van der Waals surface area contributed by atoms with Gasteiger partial charge >= 0.3 is 6.03 Å². The SMILES string of the molecule is CC(CN(C)C)N(C(N)=O)c1ccc(-c2n[nH]c3c2Cc2ccccc2-3)cc1. The first-order valence-electron chi connectivity index (χ1n) is 9.45. The van der Waals surface area contributed by atoms with E-state index < -0.39 is 6.03 Å². The standard InChI is InChI=1S/C22H25N5O/c1-14(13-26(2)3)27(22(23)28)17-10-8-15(9-11-17)20-19-12-16-6-4-5-7-18(16)21(19)25-24-20/h4-11,14H,12-13H2,1-3H3,(H2,23,28)(H,24,25). The Morgan fingerprint density at radius 1 is 1.18 bits per heavy atom. The molecule has 0 radical (unpaired) electrons. The molecule has 1 atom stereocenters. The average molecular weight is 375 g/mol. The van der Waals surface area contributed by atoms with Crippen molar-refractivity contribution in [3.05, 3.63) is 59.7 Å². The Labute approximate surface area is 165 Å². The first-order valence-corrected chi connectivity index (χ1v) is 9.45. The van der Waals surface area contributed by atoms with Crippen molar-refractivity contribution in [3.8, 4) is 22.5 Å². The summed E-state index contributed by atoms with van der Waals surface area (Å²) in [5.74, 6) is 0. The molecule has 144 valence electrons. The number of likely N-dealkylation sites (N-methyl/N-ethyl adjacent to an activating group) is 1. The molecule has 28 heavy (non-hydrogen) atoms. The summed E-state index contributed by atoms with van der Waals surface area (Å²) >= 11 is 0. The van der Waals surface area contributed by atoms with Crippen LogP contribution in [0.15, 0.2) is 48.5 Å². The Morgan fingerprint density at radius 3 is 2.57 bits per heavy atom. The van der Waals surface area contributed by atoms with E-state index in [1.54, 1.807) is 4.90 Å². The number of nitrogens with two attached hydrogens (primary N) is 1. The molecular formula is C22H25N5O. The van der Waals surface area contributed by atoms with Gasteiger partial charge in [0.1, 0.15) is 0 Å². The number of aromatic amines is 1. The van der Waals surface area contributed by atoms with Crippen LogP contribution in [-0.2, 0) is 6.42 Å². The van der Waals surface area contributed by atoms with Crippen LogP contribution in [0.3, 0.4) is 0 Å².